The molecule has 1 aliphatic rings. The van der Waals surface area contributed by atoms with Crippen molar-refractivity contribution in [3.63, 3.8) is 0 Å². The lowest BCUT2D eigenvalue weighted by atomic mass is 9.77. The maximum atomic E-state index is 6.39. The van der Waals surface area contributed by atoms with E-state index in [4.69, 9.17) is 10.7 Å². The molecule has 0 radical (unpaired) electrons. The van der Waals surface area contributed by atoms with Crippen LogP contribution in [-0.2, 0) is 18.3 Å². The van der Waals surface area contributed by atoms with Crippen molar-refractivity contribution in [2.45, 2.75) is 38.0 Å². The predicted molar refractivity (Wildman–Crippen MR) is 127 cm³/mol. The lowest BCUT2D eigenvalue weighted by molar-refractivity contribution is 0.464. The summed E-state index contributed by atoms with van der Waals surface area (Å²) >= 11 is 0. The van der Waals surface area contributed by atoms with Crippen LogP contribution in [0.5, 0.6) is 0 Å². The Morgan fingerprint density at radius 2 is 1.84 bits per heavy atom. The minimum Gasteiger partial charge on any atom is -0.354 e. The highest BCUT2D eigenvalue weighted by Gasteiger charge is 2.37. The fourth-order valence-corrected chi connectivity index (χ4v) is 4.77. The van der Waals surface area contributed by atoms with Crippen LogP contribution >= 0.6 is 0 Å². The molecule has 0 amide bonds. The monoisotopic (exact) mass is 411 g/mol. The van der Waals surface area contributed by atoms with Crippen molar-refractivity contribution in [3.05, 3.63) is 77.5 Å². The molecule has 0 bridgehead atoms. The van der Waals surface area contributed by atoms with Gasteiger partial charge in [-0.2, -0.15) is 4.98 Å². The normalized spacial score (nSPS) is 14.6. The Morgan fingerprint density at radius 1 is 1.03 bits per heavy atom. The Bertz CT molecular complexity index is 1180. The summed E-state index contributed by atoms with van der Waals surface area (Å²) in [5.74, 6) is 0.672. The van der Waals surface area contributed by atoms with Gasteiger partial charge < -0.3 is 16.0 Å². The van der Waals surface area contributed by atoms with Crippen LogP contribution < -0.4 is 11.1 Å². The number of aromatic nitrogens is 3. The molecule has 158 valence electrons. The van der Waals surface area contributed by atoms with E-state index in [0.717, 1.165) is 54.5 Å². The van der Waals surface area contributed by atoms with Gasteiger partial charge in [-0.15, -0.1) is 0 Å². The molecule has 0 fully saturated rings. The number of H-pyrrole nitrogens is 1. The molecule has 31 heavy (non-hydrogen) atoms. The molecular formula is C26H29N5. The number of anilines is 1. The Balaban J connectivity index is 1.55. The molecule has 0 aliphatic heterocycles. The number of aromatic amines is 1. The summed E-state index contributed by atoms with van der Waals surface area (Å²) in [6, 6.07) is 19.5. The second-order valence-corrected chi connectivity index (χ2v) is 8.60. The van der Waals surface area contributed by atoms with E-state index < -0.39 is 0 Å². The number of fused-ring (bicyclic) bond motifs is 2. The molecule has 0 spiro atoms. The van der Waals surface area contributed by atoms with Gasteiger partial charge in [-0.3, -0.25) is 0 Å². The first kappa shape index (κ1) is 19.8. The van der Waals surface area contributed by atoms with Crippen LogP contribution in [0.4, 0.5) is 5.95 Å². The summed E-state index contributed by atoms with van der Waals surface area (Å²) in [4.78, 5) is 12.8. The quantitative estimate of drug-likeness (QED) is 0.381. The summed E-state index contributed by atoms with van der Waals surface area (Å²) in [5, 5.41) is 4.41. The van der Waals surface area contributed by atoms with E-state index in [-0.39, 0.29) is 5.41 Å². The molecule has 2 aromatic carbocycles. The van der Waals surface area contributed by atoms with Crippen LogP contribution in [0.25, 0.3) is 22.3 Å². The van der Waals surface area contributed by atoms with Crippen molar-refractivity contribution in [2.24, 2.45) is 5.73 Å². The van der Waals surface area contributed by atoms with Gasteiger partial charge in [0.15, 0.2) is 0 Å². The number of hydrogen-bond donors (Lipinski definition) is 3. The average Bonchev–Trinajstić information content (AvgIpc) is 3.44. The number of hydrogen-bond acceptors (Lipinski definition) is 4. The van der Waals surface area contributed by atoms with Crippen molar-refractivity contribution in [2.75, 3.05) is 18.4 Å². The van der Waals surface area contributed by atoms with Crippen molar-refractivity contribution in [1.82, 2.24) is 15.0 Å². The largest absolute Gasteiger partial charge is 0.354 e. The number of unbranched alkanes of at least 4 members (excludes halogenated alkanes) is 1. The van der Waals surface area contributed by atoms with E-state index >= 15 is 0 Å². The van der Waals surface area contributed by atoms with Crippen LogP contribution in [-0.4, -0.2) is 28.0 Å². The number of nitrogens with two attached hydrogens (primary N) is 1. The second kappa shape index (κ2) is 8.16. The summed E-state index contributed by atoms with van der Waals surface area (Å²) in [6.45, 7) is 3.68. The zero-order valence-corrected chi connectivity index (χ0v) is 18.0. The summed E-state index contributed by atoms with van der Waals surface area (Å²) in [7, 11) is 0. The van der Waals surface area contributed by atoms with Crippen LogP contribution in [0.15, 0.2) is 60.8 Å². The van der Waals surface area contributed by atoms with E-state index in [1.807, 2.05) is 6.20 Å². The third-order valence-corrected chi connectivity index (χ3v) is 6.54. The van der Waals surface area contributed by atoms with E-state index in [0.29, 0.717) is 12.5 Å². The molecule has 5 rings (SSSR count). The highest BCUT2D eigenvalue weighted by atomic mass is 15.1. The Labute approximate surface area is 183 Å². The highest BCUT2D eigenvalue weighted by Crippen LogP contribution is 2.40. The molecule has 0 atom stereocenters. The lowest BCUT2D eigenvalue weighted by Crippen LogP contribution is -2.36. The third-order valence-electron chi connectivity index (χ3n) is 6.54. The van der Waals surface area contributed by atoms with E-state index in [1.54, 1.807) is 0 Å². The minimum atomic E-state index is -0.0633. The predicted octanol–water partition coefficient (Wildman–Crippen LogP) is 4.83. The molecule has 1 aliphatic carbocycles. The molecule has 2 heterocycles. The van der Waals surface area contributed by atoms with Crippen molar-refractivity contribution in [1.29, 1.82) is 0 Å². The fraction of sp³-hybridized carbons (Fsp3) is 0.308. The lowest BCUT2D eigenvalue weighted by Gasteiger charge is -2.28. The molecule has 4 N–H and O–H groups in total. The second-order valence-electron chi connectivity index (χ2n) is 8.60. The maximum absolute atomic E-state index is 6.39. The Hall–Kier alpha value is -3.18. The summed E-state index contributed by atoms with van der Waals surface area (Å²) in [5.41, 5.74) is 13.4. The van der Waals surface area contributed by atoms with E-state index in [1.165, 1.54) is 16.7 Å². The molecule has 0 saturated heterocycles. The molecule has 2 aromatic heterocycles. The van der Waals surface area contributed by atoms with E-state index in [2.05, 4.69) is 76.8 Å². The standard InChI is InChI=1S/C26H29N5/c1-2-3-12-29-25-30-23(22-11-13-28-24(22)31-25)18-9-6-10-21(14-18)26(17-27)15-19-7-4-5-8-20(19)16-26/h4-11,13-14H,2-3,12,15-17,27H2,1H3,(H2,28,29,30,31). The van der Waals surface area contributed by atoms with E-state index in [9.17, 15) is 0 Å². The van der Waals surface area contributed by atoms with Crippen molar-refractivity contribution >= 4 is 17.0 Å². The van der Waals surface area contributed by atoms with Crippen molar-refractivity contribution < 1.29 is 0 Å². The van der Waals surface area contributed by atoms with Gasteiger partial charge in [0.1, 0.15) is 5.65 Å². The van der Waals surface area contributed by atoms with Crippen LogP contribution in [0.3, 0.4) is 0 Å². The van der Waals surface area contributed by atoms with Gasteiger partial charge in [-0.05, 0) is 48.1 Å². The third kappa shape index (κ3) is 3.59. The van der Waals surface area contributed by atoms with Crippen LogP contribution in [0.2, 0.25) is 0 Å². The zero-order chi connectivity index (χ0) is 21.3. The Morgan fingerprint density at radius 3 is 2.58 bits per heavy atom. The molecular weight excluding hydrogens is 382 g/mol. The maximum Gasteiger partial charge on any atom is 0.225 e. The molecule has 4 aromatic rings. The van der Waals surface area contributed by atoms with Gasteiger partial charge in [0.2, 0.25) is 5.95 Å². The minimum absolute atomic E-state index is 0.0633. The first-order valence-corrected chi connectivity index (χ1v) is 11.2. The number of rotatable bonds is 7. The SMILES string of the molecule is CCCCNc1nc(-c2cccc(C3(CN)Cc4ccccc4C3)c2)c2cc[nH]c2n1. The van der Waals surface area contributed by atoms with Gasteiger partial charge in [0.25, 0.3) is 0 Å². The summed E-state index contributed by atoms with van der Waals surface area (Å²) < 4.78 is 0. The fourth-order valence-electron chi connectivity index (χ4n) is 4.77. The highest BCUT2D eigenvalue weighted by molar-refractivity contribution is 5.91. The first-order valence-electron chi connectivity index (χ1n) is 11.2. The summed E-state index contributed by atoms with van der Waals surface area (Å²) in [6.07, 6.45) is 6.12. The number of nitrogens with zero attached hydrogens (tertiary/aromatic N) is 2. The van der Waals surface area contributed by atoms with Crippen molar-refractivity contribution in [3.8, 4) is 11.3 Å². The number of nitrogens with one attached hydrogen (secondary N) is 2. The Kier molecular flexibility index (Phi) is 5.20. The van der Waals surface area contributed by atoms with Gasteiger partial charge in [0.05, 0.1) is 5.69 Å². The van der Waals surface area contributed by atoms with Crippen LogP contribution in [0, 0.1) is 0 Å². The zero-order valence-electron chi connectivity index (χ0n) is 18.0. The van der Waals surface area contributed by atoms with Gasteiger partial charge in [0, 0.05) is 35.7 Å². The first-order chi connectivity index (χ1) is 15.2. The van der Waals surface area contributed by atoms with Gasteiger partial charge in [-0.1, -0.05) is 55.8 Å². The number of benzene rings is 2. The van der Waals surface area contributed by atoms with Gasteiger partial charge >= 0.3 is 0 Å². The average molecular weight is 412 g/mol. The van der Waals surface area contributed by atoms with Crippen LogP contribution in [0.1, 0.15) is 36.5 Å². The van der Waals surface area contributed by atoms with Gasteiger partial charge in [-0.25, -0.2) is 4.98 Å². The smallest absolute Gasteiger partial charge is 0.225 e. The molecule has 5 nitrogen and oxygen atoms in total. The molecule has 0 unspecified atom stereocenters. The topological polar surface area (TPSA) is 79.6 Å². The molecule has 0 saturated carbocycles. The molecule has 5 heteroatoms.